The minimum Gasteiger partial charge on any atom is -0.497 e. The number of guanidine groups is 1. The van der Waals surface area contributed by atoms with Crippen molar-refractivity contribution in [2.24, 2.45) is 4.99 Å². The molecule has 2 aromatic rings. The summed E-state index contributed by atoms with van der Waals surface area (Å²) in [5.41, 5.74) is 1.26. The van der Waals surface area contributed by atoms with E-state index in [0.717, 1.165) is 56.1 Å². The lowest BCUT2D eigenvalue weighted by Crippen LogP contribution is -2.46. The lowest BCUT2D eigenvalue weighted by molar-refractivity contribution is 0.0170. The van der Waals surface area contributed by atoms with Crippen LogP contribution in [0.1, 0.15) is 28.4 Å². The van der Waals surface area contributed by atoms with Crippen molar-refractivity contribution in [2.75, 3.05) is 46.5 Å². The van der Waals surface area contributed by atoms with E-state index in [0.29, 0.717) is 6.54 Å². The first kappa shape index (κ1) is 21.5. The van der Waals surface area contributed by atoms with E-state index in [4.69, 9.17) is 14.5 Å². The first-order chi connectivity index (χ1) is 14.2. The molecule has 29 heavy (non-hydrogen) atoms. The lowest BCUT2D eigenvalue weighted by atomic mass is 10.0. The highest BCUT2D eigenvalue weighted by Gasteiger charge is 2.23. The standard InChI is InChI=1S/C21H31N5O2S/c1-4-22-21(25-15-20-23-13-16(2)29-20)24-14-19(26-9-11-28-12-10-26)17-5-7-18(27-3)8-6-17/h5-8,13,19H,4,9-12,14-15H2,1-3H3,(H2,22,24,25). The second-order valence-electron chi connectivity index (χ2n) is 6.88. The average molecular weight is 418 g/mol. The van der Waals surface area contributed by atoms with Crippen LogP contribution < -0.4 is 15.4 Å². The van der Waals surface area contributed by atoms with E-state index in [2.05, 4.69) is 46.5 Å². The van der Waals surface area contributed by atoms with Gasteiger partial charge < -0.3 is 20.1 Å². The van der Waals surface area contributed by atoms with E-state index in [1.54, 1.807) is 18.4 Å². The van der Waals surface area contributed by atoms with Gasteiger partial charge in [0.05, 0.1) is 32.9 Å². The van der Waals surface area contributed by atoms with E-state index in [1.807, 2.05) is 18.3 Å². The SMILES string of the molecule is CCNC(=NCc1ncc(C)s1)NCC(c1ccc(OC)cc1)N1CCOCC1. The number of hydrogen-bond donors (Lipinski definition) is 2. The highest BCUT2D eigenvalue weighted by Crippen LogP contribution is 2.23. The molecular weight excluding hydrogens is 386 g/mol. The van der Waals surface area contributed by atoms with Crippen LogP contribution in [0.5, 0.6) is 5.75 Å². The van der Waals surface area contributed by atoms with Crippen molar-refractivity contribution >= 4 is 17.3 Å². The third-order valence-corrected chi connectivity index (χ3v) is 5.73. The summed E-state index contributed by atoms with van der Waals surface area (Å²) in [7, 11) is 1.69. The number of ether oxygens (including phenoxy) is 2. The number of thiazole rings is 1. The Labute approximate surface area is 177 Å². The molecule has 7 nitrogen and oxygen atoms in total. The van der Waals surface area contributed by atoms with Gasteiger partial charge in [-0.25, -0.2) is 9.98 Å². The number of morpholine rings is 1. The summed E-state index contributed by atoms with van der Waals surface area (Å²) >= 11 is 1.69. The Morgan fingerprint density at radius 2 is 2.03 bits per heavy atom. The highest BCUT2D eigenvalue weighted by molar-refractivity contribution is 7.11. The maximum atomic E-state index is 5.55. The molecule has 8 heteroatoms. The Morgan fingerprint density at radius 1 is 1.28 bits per heavy atom. The molecule has 0 radical (unpaired) electrons. The van der Waals surface area contributed by atoms with Crippen molar-refractivity contribution in [3.05, 3.63) is 45.9 Å². The summed E-state index contributed by atoms with van der Waals surface area (Å²) in [4.78, 5) is 12.8. The second kappa shape index (κ2) is 11.1. The molecule has 1 fully saturated rings. The van der Waals surface area contributed by atoms with Crippen molar-refractivity contribution < 1.29 is 9.47 Å². The Morgan fingerprint density at radius 3 is 2.66 bits per heavy atom. The molecule has 1 saturated heterocycles. The van der Waals surface area contributed by atoms with Crippen molar-refractivity contribution in [3.63, 3.8) is 0 Å². The molecule has 158 valence electrons. The molecule has 1 aliphatic rings. The lowest BCUT2D eigenvalue weighted by Gasteiger charge is -2.35. The summed E-state index contributed by atoms with van der Waals surface area (Å²) < 4.78 is 10.9. The Kier molecular flexibility index (Phi) is 8.27. The van der Waals surface area contributed by atoms with E-state index in [1.165, 1.54) is 10.4 Å². The van der Waals surface area contributed by atoms with E-state index in [9.17, 15) is 0 Å². The minimum absolute atomic E-state index is 0.232. The summed E-state index contributed by atoms with van der Waals surface area (Å²) in [5.74, 6) is 1.68. The van der Waals surface area contributed by atoms with Crippen molar-refractivity contribution in [2.45, 2.75) is 26.4 Å². The van der Waals surface area contributed by atoms with Gasteiger partial charge in [0.15, 0.2) is 5.96 Å². The van der Waals surface area contributed by atoms with Crippen molar-refractivity contribution in [3.8, 4) is 5.75 Å². The van der Waals surface area contributed by atoms with Crippen LogP contribution in [0.3, 0.4) is 0 Å². The summed E-state index contributed by atoms with van der Waals surface area (Å²) in [6.45, 7) is 9.67. The number of methoxy groups -OCH3 is 1. The fourth-order valence-corrected chi connectivity index (χ4v) is 4.04. The second-order valence-corrected chi connectivity index (χ2v) is 8.20. The van der Waals surface area contributed by atoms with Crippen molar-refractivity contribution in [1.29, 1.82) is 0 Å². The number of rotatable bonds is 8. The van der Waals surface area contributed by atoms with Gasteiger partial charge in [-0.1, -0.05) is 12.1 Å². The van der Waals surface area contributed by atoms with Crippen LogP contribution in [0.25, 0.3) is 0 Å². The number of benzene rings is 1. The van der Waals surface area contributed by atoms with E-state index < -0.39 is 0 Å². The molecule has 2 N–H and O–H groups in total. The largest absolute Gasteiger partial charge is 0.497 e. The number of nitrogens with zero attached hydrogens (tertiary/aromatic N) is 3. The normalized spacial score (nSPS) is 16.4. The Balaban J connectivity index is 1.70. The topological polar surface area (TPSA) is 71.0 Å². The molecule has 0 saturated carbocycles. The van der Waals surface area contributed by atoms with Crippen LogP contribution in [0.2, 0.25) is 0 Å². The third kappa shape index (κ3) is 6.42. The van der Waals surface area contributed by atoms with Gasteiger partial charge in [0.25, 0.3) is 0 Å². The molecule has 0 bridgehead atoms. The summed E-state index contributed by atoms with van der Waals surface area (Å²) in [5, 5.41) is 7.89. The van der Waals surface area contributed by atoms with Gasteiger partial charge in [0, 0.05) is 37.3 Å². The molecule has 1 aromatic heterocycles. The zero-order valence-electron chi connectivity index (χ0n) is 17.5. The van der Waals surface area contributed by atoms with Crippen LogP contribution in [-0.2, 0) is 11.3 Å². The minimum atomic E-state index is 0.232. The summed E-state index contributed by atoms with van der Waals surface area (Å²) in [6, 6.07) is 8.56. The molecule has 0 spiro atoms. The van der Waals surface area contributed by atoms with Gasteiger partial charge in [0.2, 0.25) is 0 Å². The number of hydrogen-bond acceptors (Lipinski definition) is 6. The molecule has 0 aliphatic carbocycles. The number of aromatic nitrogens is 1. The summed E-state index contributed by atoms with van der Waals surface area (Å²) in [6.07, 6.45) is 1.90. The quantitative estimate of drug-likeness (QED) is 0.508. The van der Waals surface area contributed by atoms with Gasteiger partial charge in [-0.3, -0.25) is 4.90 Å². The first-order valence-electron chi connectivity index (χ1n) is 10.1. The fraction of sp³-hybridized carbons (Fsp3) is 0.524. The predicted molar refractivity (Wildman–Crippen MR) is 118 cm³/mol. The molecule has 2 heterocycles. The molecule has 1 unspecified atom stereocenters. The van der Waals surface area contributed by atoms with Crippen LogP contribution in [0, 0.1) is 6.92 Å². The van der Waals surface area contributed by atoms with E-state index >= 15 is 0 Å². The number of nitrogens with one attached hydrogen (secondary N) is 2. The van der Waals surface area contributed by atoms with Crippen LogP contribution in [-0.4, -0.2) is 62.3 Å². The fourth-order valence-electron chi connectivity index (χ4n) is 3.33. The molecule has 1 atom stereocenters. The maximum Gasteiger partial charge on any atom is 0.191 e. The number of aryl methyl sites for hydroxylation is 1. The van der Waals surface area contributed by atoms with Crippen LogP contribution >= 0.6 is 11.3 Å². The Bertz CT molecular complexity index is 772. The zero-order chi connectivity index (χ0) is 20.5. The van der Waals surface area contributed by atoms with Gasteiger partial charge in [-0.2, -0.15) is 0 Å². The third-order valence-electron chi connectivity index (χ3n) is 4.84. The first-order valence-corrected chi connectivity index (χ1v) is 10.9. The van der Waals surface area contributed by atoms with E-state index in [-0.39, 0.29) is 6.04 Å². The Hall–Kier alpha value is -2.16. The van der Waals surface area contributed by atoms with Gasteiger partial charge >= 0.3 is 0 Å². The molecule has 3 rings (SSSR count). The predicted octanol–water partition coefficient (Wildman–Crippen LogP) is 2.59. The van der Waals surface area contributed by atoms with Crippen molar-refractivity contribution in [1.82, 2.24) is 20.5 Å². The van der Waals surface area contributed by atoms with Gasteiger partial charge in [-0.15, -0.1) is 11.3 Å². The number of aliphatic imine (C=N–C) groups is 1. The van der Waals surface area contributed by atoms with Crippen LogP contribution in [0.4, 0.5) is 0 Å². The van der Waals surface area contributed by atoms with Gasteiger partial charge in [0.1, 0.15) is 10.8 Å². The highest BCUT2D eigenvalue weighted by atomic mass is 32.1. The average Bonchev–Trinajstić information content (AvgIpc) is 3.18. The monoisotopic (exact) mass is 417 g/mol. The molecule has 1 aromatic carbocycles. The zero-order valence-corrected chi connectivity index (χ0v) is 18.3. The molecule has 1 aliphatic heterocycles. The van der Waals surface area contributed by atoms with Crippen LogP contribution in [0.15, 0.2) is 35.5 Å². The smallest absolute Gasteiger partial charge is 0.191 e. The van der Waals surface area contributed by atoms with Gasteiger partial charge in [-0.05, 0) is 31.5 Å². The maximum absolute atomic E-state index is 5.55. The molecular formula is C21H31N5O2S. The molecule has 0 amide bonds.